The fraction of sp³-hybridized carbons (Fsp3) is 0.955. The largest absolute Gasteiger partial charge is 0.381 e. The maximum absolute atomic E-state index is 6.14. The zero-order valence-electron chi connectivity index (χ0n) is 17.5. The summed E-state index contributed by atoms with van der Waals surface area (Å²) < 4.78 is 11.7. The van der Waals surface area contributed by atoms with Crippen molar-refractivity contribution in [3.05, 3.63) is 0 Å². The van der Waals surface area contributed by atoms with Crippen molar-refractivity contribution in [1.29, 1.82) is 0 Å². The van der Waals surface area contributed by atoms with E-state index in [0.29, 0.717) is 29.5 Å². The molecule has 6 heteroatoms. The maximum atomic E-state index is 6.14. The molecule has 28 heavy (non-hydrogen) atoms. The van der Waals surface area contributed by atoms with Gasteiger partial charge in [-0.3, -0.25) is 4.99 Å². The molecule has 0 amide bonds. The van der Waals surface area contributed by atoms with Crippen molar-refractivity contribution >= 4 is 5.96 Å². The average molecular weight is 391 g/mol. The van der Waals surface area contributed by atoms with Gasteiger partial charge in [-0.1, -0.05) is 12.8 Å². The molecule has 158 valence electrons. The number of piperidine rings is 1. The van der Waals surface area contributed by atoms with Crippen LogP contribution in [0.2, 0.25) is 0 Å². The van der Waals surface area contributed by atoms with Gasteiger partial charge in [0.05, 0.1) is 12.7 Å². The minimum Gasteiger partial charge on any atom is -0.381 e. The van der Waals surface area contributed by atoms with E-state index in [4.69, 9.17) is 9.47 Å². The summed E-state index contributed by atoms with van der Waals surface area (Å²) >= 11 is 0. The number of nitrogens with one attached hydrogen (secondary N) is 2. The Morgan fingerprint density at radius 2 is 1.89 bits per heavy atom. The lowest BCUT2D eigenvalue weighted by atomic mass is 9.54. The normalized spacial score (nSPS) is 38.5. The van der Waals surface area contributed by atoms with E-state index in [1.807, 2.05) is 7.05 Å². The molecule has 0 aromatic heterocycles. The molecule has 0 aromatic carbocycles. The van der Waals surface area contributed by atoms with Crippen LogP contribution in [-0.2, 0) is 9.47 Å². The predicted molar refractivity (Wildman–Crippen MR) is 111 cm³/mol. The number of rotatable bonds is 4. The Morgan fingerprint density at radius 3 is 2.61 bits per heavy atom. The second kappa shape index (κ2) is 8.11. The third-order valence-electron chi connectivity index (χ3n) is 8.27. The molecule has 2 saturated carbocycles. The number of nitrogens with zero attached hydrogens (tertiary/aromatic N) is 2. The summed E-state index contributed by atoms with van der Waals surface area (Å²) in [5.74, 6) is 2.46. The van der Waals surface area contributed by atoms with Crippen LogP contribution in [0.5, 0.6) is 0 Å². The highest BCUT2D eigenvalue weighted by atomic mass is 16.5. The first-order chi connectivity index (χ1) is 13.8. The van der Waals surface area contributed by atoms with E-state index in [-0.39, 0.29) is 0 Å². The van der Waals surface area contributed by atoms with Crippen molar-refractivity contribution in [3.8, 4) is 0 Å². The Kier molecular flexibility index (Phi) is 5.54. The van der Waals surface area contributed by atoms with E-state index in [9.17, 15) is 0 Å². The molecule has 2 N–H and O–H groups in total. The van der Waals surface area contributed by atoms with E-state index < -0.39 is 0 Å². The lowest BCUT2D eigenvalue weighted by Gasteiger charge is -2.57. The molecule has 2 aliphatic carbocycles. The Balaban J connectivity index is 1.12. The Morgan fingerprint density at radius 1 is 1.07 bits per heavy atom. The standard InChI is InChI=1S/C22H38N4O2/c1-23-21(24-17-4-10-26(11-5-17)14-16-6-12-27-15-16)25-19-18-7-13-28-20(18)22(19)8-2-3-9-22/h16-20H,2-15H2,1H3,(H2,23,24,25). The van der Waals surface area contributed by atoms with Crippen molar-refractivity contribution in [3.63, 3.8) is 0 Å². The van der Waals surface area contributed by atoms with Gasteiger partial charge in [-0.2, -0.15) is 0 Å². The van der Waals surface area contributed by atoms with Crippen LogP contribution in [0, 0.1) is 17.3 Å². The molecule has 5 rings (SSSR count). The van der Waals surface area contributed by atoms with E-state index >= 15 is 0 Å². The van der Waals surface area contributed by atoms with Gasteiger partial charge in [-0.25, -0.2) is 0 Å². The van der Waals surface area contributed by atoms with Crippen molar-refractivity contribution in [2.45, 2.75) is 69.6 Å². The van der Waals surface area contributed by atoms with Gasteiger partial charge >= 0.3 is 0 Å². The van der Waals surface area contributed by atoms with Gasteiger partial charge in [0.2, 0.25) is 0 Å². The Hall–Kier alpha value is -0.850. The summed E-state index contributed by atoms with van der Waals surface area (Å²) in [6.45, 7) is 6.47. The van der Waals surface area contributed by atoms with Crippen LogP contribution in [-0.4, -0.2) is 75.5 Å². The van der Waals surface area contributed by atoms with Gasteiger partial charge in [0, 0.05) is 63.3 Å². The zero-order chi connectivity index (χ0) is 19.0. The lowest BCUT2D eigenvalue weighted by molar-refractivity contribution is -0.125. The molecule has 5 fully saturated rings. The second-order valence-corrected chi connectivity index (χ2v) is 9.83. The smallest absolute Gasteiger partial charge is 0.191 e. The first-order valence-electron chi connectivity index (χ1n) is 11.7. The fourth-order valence-electron chi connectivity index (χ4n) is 6.77. The summed E-state index contributed by atoms with van der Waals surface area (Å²) in [6, 6.07) is 1.09. The van der Waals surface area contributed by atoms with E-state index in [1.54, 1.807) is 0 Å². The fourth-order valence-corrected chi connectivity index (χ4v) is 6.77. The molecular formula is C22H38N4O2. The van der Waals surface area contributed by atoms with Gasteiger partial charge in [-0.05, 0) is 44.4 Å². The van der Waals surface area contributed by atoms with Crippen molar-refractivity contribution < 1.29 is 9.47 Å². The zero-order valence-corrected chi connectivity index (χ0v) is 17.5. The van der Waals surface area contributed by atoms with Gasteiger partial charge in [0.25, 0.3) is 0 Å². The molecule has 1 spiro atoms. The molecule has 4 atom stereocenters. The number of hydrogen-bond acceptors (Lipinski definition) is 4. The van der Waals surface area contributed by atoms with Crippen LogP contribution >= 0.6 is 0 Å². The molecule has 5 aliphatic rings. The Bertz CT molecular complexity index is 563. The summed E-state index contributed by atoms with van der Waals surface area (Å²) in [6.07, 6.45) is 10.8. The van der Waals surface area contributed by atoms with Crippen LogP contribution in [0.15, 0.2) is 4.99 Å². The van der Waals surface area contributed by atoms with Crippen molar-refractivity contribution in [2.75, 3.05) is 46.5 Å². The highest BCUT2D eigenvalue weighted by molar-refractivity contribution is 5.80. The number of guanidine groups is 1. The van der Waals surface area contributed by atoms with Crippen LogP contribution < -0.4 is 10.6 Å². The molecule has 4 unspecified atom stereocenters. The first kappa shape index (κ1) is 19.1. The van der Waals surface area contributed by atoms with Crippen molar-refractivity contribution in [1.82, 2.24) is 15.5 Å². The topological polar surface area (TPSA) is 58.1 Å². The van der Waals surface area contributed by atoms with E-state index in [2.05, 4.69) is 20.5 Å². The molecule has 6 nitrogen and oxygen atoms in total. The summed E-state index contributed by atoms with van der Waals surface area (Å²) in [7, 11) is 1.92. The number of likely N-dealkylation sites (tertiary alicyclic amines) is 1. The summed E-state index contributed by atoms with van der Waals surface area (Å²) in [5.41, 5.74) is 0.380. The molecular weight excluding hydrogens is 352 g/mol. The highest BCUT2D eigenvalue weighted by Crippen LogP contribution is 2.60. The Labute approximate surface area is 169 Å². The highest BCUT2D eigenvalue weighted by Gasteiger charge is 2.65. The SMILES string of the molecule is CN=C(NC1CCN(CC2CCOC2)CC1)NC1C2CCOC2C12CCCC2. The van der Waals surface area contributed by atoms with Crippen LogP contribution in [0.4, 0.5) is 0 Å². The molecule has 3 heterocycles. The third kappa shape index (κ3) is 3.46. The number of hydrogen-bond donors (Lipinski definition) is 2. The van der Waals surface area contributed by atoms with Crippen LogP contribution in [0.25, 0.3) is 0 Å². The van der Waals surface area contributed by atoms with Gasteiger partial charge in [-0.15, -0.1) is 0 Å². The molecule has 3 saturated heterocycles. The van der Waals surface area contributed by atoms with Crippen LogP contribution in [0.3, 0.4) is 0 Å². The minimum absolute atomic E-state index is 0.380. The third-order valence-corrected chi connectivity index (χ3v) is 8.27. The number of aliphatic imine (C=N–C) groups is 1. The van der Waals surface area contributed by atoms with E-state index in [0.717, 1.165) is 31.7 Å². The maximum Gasteiger partial charge on any atom is 0.191 e. The number of fused-ring (bicyclic) bond motifs is 2. The van der Waals surface area contributed by atoms with Crippen LogP contribution in [0.1, 0.15) is 51.4 Å². The van der Waals surface area contributed by atoms with Crippen molar-refractivity contribution in [2.24, 2.45) is 22.2 Å². The summed E-state index contributed by atoms with van der Waals surface area (Å²) in [5, 5.41) is 7.61. The molecule has 0 bridgehead atoms. The summed E-state index contributed by atoms with van der Waals surface area (Å²) in [4.78, 5) is 7.23. The predicted octanol–water partition coefficient (Wildman–Crippen LogP) is 2.00. The second-order valence-electron chi connectivity index (χ2n) is 9.83. The quantitative estimate of drug-likeness (QED) is 0.568. The molecule has 0 aromatic rings. The van der Waals surface area contributed by atoms with Gasteiger partial charge < -0.3 is 25.0 Å². The minimum atomic E-state index is 0.380. The monoisotopic (exact) mass is 390 g/mol. The first-order valence-corrected chi connectivity index (χ1v) is 11.7. The van der Waals surface area contributed by atoms with E-state index in [1.165, 1.54) is 71.0 Å². The van der Waals surface area contributed by atoms with Gasteiger partial charge in [0.15, 0.2) is 5.96 Å². The van der Waals surface area contributed by atoms with Gasteiger partial charge in [0.1, 0.15) is 0 Å². The average Bonchev–Trinajstić information content (AvgIpc) is 3.46. The number of ether oxygens (including phenoxy) is 2. The lowest BCUT2D eigenvalue weighted by Crippen LogP contribution is -2.69. The molecule has 3 aliphatic heterocycles. The molecule has 0 radical (unpaired) electrons.